The summed E-state index contributed by atoms with van der Waals surface area (Å²) in [4.78, 5) is 31.4. The second kappa shape index (κ2) is 5.06. The molecule has 7 nitrogen and oxygen atoms in total. The largest absolute Gasteiger partial charge is 0.477 e. The van der Waals surface area contributed by atoms with Gasteiger partial charge in [0.2, 0.25) is 0 Å². The van der Waals surface area contributed by atoms with Gasteiger partial charge in [-0.05, 0) is 12.1 Å². The van der Waals surface area contributed by atoms with Crippen molar-refractivity contribution in [2.24, 2.45) is 0 Å². The first-order valence-corrected chi connectivity index (χ1v) is 4.56. The van der Waals surface area contributed by atoms with Crippen molar-refractivity contribution in [2.75, 3.05) is 0 Å². The number of para-hydroxylation sites is 1. The van der Waals surface area contributed by atoms with Crippen LogP contribution in [0.15, 0.2) is 18.2 Å². The van der Waals surface area contributed by atoms with Crippen LogP contribution >= 0.6 is 0 Å². The lowest BCUT2D eigenvalue weighted by Gasteiger charge is -2.05. The van der Waals surface area contributed by atoms with Crippen LogP contribution in [-0.2, 0) is 16.1 Å². The van der Waals surface area contributed by atoms with Crippen molar-refractivity contribution in [3.63, 3.8) is 0 Å². The number of nitrogens with zero attached hydrogens (tertiary/aromatic N) is 1. The normalized spacial score (nSPS) is 9.71. The average Bonchev–Trinajstić information content (AvgIpc) is 2.25. The molecular weight excluding hydrogens is 230 g/mol. The molecule has 17 heavy (non-hydrogen) atoms. The van der Waals surface area contributed by atoms with Crippen LogP contribution in [0.5, 0.6) is 0 Å². The summed E-state index contributed by atoms with van der Waals surface area (Å²) in [6.07, 6.45) is 0. The fourth-order valence-electron chi connectivity index (χ4n) is 1.28. The lowest BCUT2D eigenvalue weighted by atomic mass is 10.1. The van der Waals surface area contributed by atoms with E-state index in [9.17, 15) is 19.7 Å². The van der Waals surface area contributed by atoms with E-state index in [0.717, 1.165) is 13.0 Å². The first kappa shape index (κ1) is 12.6. The highest BCUT2D eigenvalue weighted by Gasteiger charge is 2.24. The molecule has 0 atom stereocenters. The Morgan fingerprint density at radius 3 is 2.59 bits per heavy atom. The van der Waals surface area contributed by atoms with Crippen molar-refractivity contribution < 1.29 is 24.4 Å². The Morgan fingerprint density at radius 2 is 2.12 bits per heavy atom. The van der Waals surface area contributed by atoms with Crippen molar-refractivity contribution >= 4 is 17.6 Å². The summed E-state index contributed by atoms with van der Waals surface area (Å²) in [5.74, 6) is -2.00. The number of carbonyl (C=O) groups excluding carboxylic acids is 1. The highest BCUT2D eigenvalue weighted by Crippen LogP contribution is 2.24. The topological polar surface area (TPSA) is 107 Å². The van der Waals surface area contributed by atoms with Crippen LogP contribution in [0.2, 0.25) is 0 Å². The third-order valence-corrected chi connectivity index (χ3v) is 1.96. The van der Waals surface area contributed by atoms with E-state index < -0.39 is 28.1 Å². The summed E-state index contributed by atoms with van der Waals surface area (Å²) in [6.45, 7) is 0.833. The summed E-state index contributed by atoms with van der Waals surface area (Å²) in [6, 6.07) is 3.82. The molecule has 1 N–H and O–H groups in total. The van der Waals surface area contributed by atoms with Gasteiger partial charge in [-0.3, -0.25) is 14.9 Å². The fraction of sp³-hybridized carbons (Fsp3) is 0.200. The molecule has 0 radical (unpaired) electrons. The molecule has 7 heteroatoms. The molecule has 0 heterocycles. The molecule has 0 fully saturated rings. The van der Waals surface area contributed by atoms with Crippen molar-refractivity contribution in [1.82, 2.24) is 0 Å². The summed E-state index contributed by atoms with van der Waals surface area (Å²) in [7, 11) is 0. The maximum Gasteiger partial charge on any atom is 0.342 e. The number of carboxylic acids is 1. The van der Waals surface area contributed by atoms with Crippen LogP contribution in [0.3, 0.4) is 0 Å². The molecule has 0 aromatic heterocycles. The standard InChI is InChI=1S/C10H9NO6/c1-6(12)17-5-7-3-2-4-8(10(13)14)9(7)11(15)16/h2-4H,5H2,1H3,(H,13,14). The monoisotopic (exact) mass is 239 g/mol. The van der Waals surface area contributed by atoms with Crippen LogP contribution in [0.1, 0.15) is 22.8 Å². The van der Waals surface area contributed by atoms with E-state index in [1.165, 1.54) is 12.1 Å². The molecule has 1 rings (SSSR count). The quantitative estimate of drug-likeness (QED) is 0.482. The fourth-order valence-corrected chi connectivity index (χ4v) is 1.28. The van der Waals surface area contributed by atoms with E-state index in [2.05, 4.69) is 4.74 Å². The Balaban J connectivity index is 3.20. The Hall–Kier alpha value is -2.44. The van der Waals surface area contributed by atoms with Gasteiger partial charge in [-0.15, -0.1) is 0 Å². The number of ether oxygens (including phenoxy) is 1. The Labute approximate surface area is 95.8 Å². The van der Waals surface area contributed by atoms with Crippen LogP contribution in [0, 0.1) is 10.1 Å². The van der Waals surface area contributed by atoms with Crippen LogP contribution < -0.4 is 0 Å². The predicted molar refractivity (Wildman–Crippen MR) is 55.5 cm³/mol. The van der Waals surface area contributed by atoms with Gasteiger partial charge in [-0.25, -0.2) is 4.79 Å². The van der Waals surface area contributed by atoms with Gasteiger partial charge in [-0.1, -0.05) is 6.07 Å². The number of hydrogen-bond acceptors (Lipinski definition) is 5. The lowest BCUT2D eigenvalue weighted by molar-refractivity contribution is -0.386. The van der Waals surface area contributed by atoms with E-state index in [-0.39, 0.29) is 12.2 Å². The maximum atomic E-state index is 10.8. The van der Waals surface area contributed by atoms with E-state index in [1.54, 1.807) is 0 Å². The van der Waals surface area contributed by atoms with Gasteiger partial charge in [0.15, 0.2) is 0 Å². The van der Waals surface area contributed by atoms with Gasteiger partial charge >= 0.3 is 11.9 Å². The molecule has 0 saturated carbocycles. The van der Waals surface area contributed by atoms with E-state index >= 15 is 0 Å². The second-order valence-electron chi connectivity index (χ2n) is 3.16. The van der Waals surface area contributed by atoms with Gasteiger partial charge in [0.05, 0.1) is 10.5 Å². The molecule has 0 amide bonds. The SMILES string of the molecule is CC(=O)OCc1cccc(C(=O)O)c1[N+](=O)[O-]. The molecule has 0 bridgehead atoms. The number of esters is 1. The molecule has 1 aromatic carbocycles. The number of nitro benzene ring substituents is 1. The molecule has 0 spiro atoms. The van der Waals surface area contributed by atoms with Crippen LogP contribution in [0.25, 0.3) is 0 Å². The van der Waals surface area contributed by atoms with Gasteiger partial charge in [-0.2, -0.15) is 0 Å². The number of rotatable bonds is 4. The van der Waals surface area contributed by atoms with Crippen LogP contribution in [0.4, 0.5) is 5.69 Å². The molecule has 0 aliphatic carbocycles. The minimum atomic E-state index is -1.40. The summed E-state index contributed by atoms with van der Waals surface area (Å²) >= 11 is 0. The summed E-state index contributed by atoms with van der Waals surface area (Å²) in [5.41, 5.74) is -0.939. The number of benzene rings is 1. The van der Waals surface area contributed by atoms with Gasteiger partial charge in [0.25, 0.3) is 5.69 Å². The molecule has 0 saturated heterocycles. The number of aromatic carboxylic acids is 1. The Morgan fingerprint density at radius 1 is 1.47 bits per heavy atom. The number of nitro groups is 1. The number of hydrogen-bond donors (Lipinski definition) is 1. The van der Waals surface area contributed by atoms with Crippen LogP contribution in [-0.4, -0.2) is 22.0 Å². The molecule has 0 aliphatic heterocycles. The third-order valence-electron chi connectivity index (χ3n) is 1.96. The predicted octanol–water partition coefficient (Wildman–Crippen LogP) is 1.36. The van der Waals surface area contributed by atoms with Crippen molar-refractivity contribution in [1.29, 1.82) is 0 Å². The molecule has 90 valence electrons. The average molecular weight is 239 g/mol. The molecule has 0 unspecified atom stereocenters. The van der Waals surface area contributed by atoms with Gasteiger partial charge in [0, 0.05) is 6.92 Å². The minimum absolute atomic E-state index is 0.0464. The second-order valence-corrected chi connectivity index (χ2v) is 3.16. The molecule has 0 aliphatic rings. The molecular formula is C10H9NO6. The first-order chi connectivity index (χ1) is 7.93. The zero-order valence-corrected chi connectivity index (χ0v) is 8.87. The zero-order valence-electron chi connectivity index (χ0n) is 8.87. The lowest BCUT2D eigenvalue weighted by Crippen LogP contribution is -2.07. The Bertz CT molecular complexity index is 482. The third kappa shape index (κ3) is 3.00. The smallest absolute Gasteiger partial charge is 0.342 e. The molecule has 1 aromatic rings. The van der Waals surface area contributed by atoms with E-state index in [4.69, 9.17) is 5.11 Å². The van der Waals surface area contributed by atoms with Crippen molar-refractivity contribution in [3.05, 3.63) is 39.4 Å². The first-order valence-electron chi connectivity index (χ1n) is 4.56. The highest BCUT2D eigenvalue weighted by molar-refractivity contribution is 5.93. The Kier molecular flexibility index (Phi) is 3.76. The minimum Gasteiger partial charge on any atom is -0.477 e. The van der Waals surface area contributed by atoms with Crippen molar-refractivity contribution in [3.8, 4) is 0 Å². The highest BCUT2D eigenvalue weighted by atomic mass is 16.6. The summed E-state index contributed by atoms with van der Waals surface area (Å²) in [5, 5.41) is 19.6. The van der Waals surface area contributed by atoms with E-state index in [1.807, 2.05) is 0 Å². The van der Waals surface area contributed by atoms with Crippen molar-refractivity contribution in [2.45, 2.75) is 13.5 Å². The van der Waals surface area contributed by atoms with Gasteiger partial charge < -0.3 is 9.84 Å². The van der Waals surface area contributed by atoms with E-state index in [0.29, 0.717) is 0 Å². The number of carbonyl (C=O) groups is 2. The van der Waals surface area contributed by atoms with Gasteiger partial charge in [0.1, 0.15) is 12.2 Å². The maximum absolute atomic E-state index is 10.8. The number of carboxylic acid groups (broad SMARTS) is 1. The summed E-state index contributed by atoms with van der Waals surface area (Å²) < 4.78 is 4.62. The zero-order chi connectivity index (χ0) is 13.0.